The lowest BCUT2D eigenvalue weighted by Gasteiger charge is -2.32. The molecule has 1 aromatic carbocycles. The zero-order valence-corrected chi connectivity index (χ0v) is 14.1. The number of sulfonamides is 1. The summed E-state index contributed by atoms with van der Waals surface area (Å²) in [5, 5.41) is 0. The number of benzene rings is 1. The third-order valence-corrected chi connectivity index (χ3v) is 5.29. The van der Waals surface area contributed by atoms with E-state index in [4.69, 9.17) is 4.74 Å². The van der Waals surface area contributed by atoms with E-state index in [1.54, 1.807) is 19.1 Å². The second-order valence-corrected chi connectivity index (χ2v) is 6.97. The number of carbonyl (C=O) groups is 2. The lowest BCUT2D eigenvalue weighted by Crippen LogP contribution is -2.38. The smallest absolute Gasteiger partial charge is 0.310 e. The molecule has 1 aromatic rings. The molecule has 0 unspecified atom stereocenters. The Kier molecular flexibility index (Phi) is 4.89. The average Bonchev–Trinajstić information content (AvgIpc) is 2.51. The molecular formula is C16H19NO5S. The van der Waals surface area contributed by atoms with Gasteiger partial charge in [-0.2, -0.15) is 0 Å². The third-order valence-electron chi connectivity index (χ3n) is 3.43. The summed E-state index contributed by atoms with van der Waals surface area (Å²) in [6.07, 6.45) is 0.643. The molecule has 7 heteroatoms. The molecule has 0 fully saturated rings. The number of hydrogen-bond donors (Lipinski definition) is 0. The van der Waals surface area contributed by atoms with Gasteiger partial charge in [-0.3, -0.25) is 13.9 Å². The van der Waals surface area contributed by atoms with Crippen molar-refractivity contribution in [2.24, 2.45) is 0 Å². The number of rotatable bonds is 5. The number of ether oxygens (including phenoxy) is 1. The highest BCUT2D eigenvalue weighted by molar-refractivity contribution is 7.89. The van der Waals surface area contributed by atoms with Gasteiger partial charge in [0.1, 0.15) is 5.70 Å². The van der Waals surface area contributed by atoms with Crippen LogP contribution in [0.2, 0.25) is 0 Å². The zero-order chi connectivity index (χ0) is 17.2. The second kappa shape index (κ2) is 6.54. The minimum atomic E-state index is -3.85. The molecule has 0 N–H and O–H groups in total. The van der Waals surface area contributed by atoms with Crippen molar-refractivity contribution < 1.29 is 22.7 Å². The fraction of sp³-hybridized carbons (Fsp3) is 0.375. The van der Waals surface area contributed by atoms with Gasteiger partial charge in [0, 0.05) is 25.5 Å². The van der Waals surface area contributed by atoms with Gasteiger partial charge in [0.15, 0.2) is 11.5 Å². The molecule has 1 aliphatic heterocycles. The standard InChI is InChI=1S/C16H19NO5S/c1-4-10-17-15(11(3)18)16(22-14(19)5-2)12-8-6-7-9-13(12)23(17,20)21/h6-9H,4-5,10H2,1-3H3. The summed E-state index contributed by atoms with van der Waals surface area (Å²) in [6, 6.07) is 6.22. The molecule has 1 aliphatic rings. The molecule has 2 rings (SSSR count). The van der Waals surface area contributed by atoms with Crippen molar-refractivity contribution in [1.29, 1.82) is 0 Å². The molecule has 23 heavy (non-hydrogen) atoms. The Labute approximate surface area is 135 Å². The molecule has 0 spiro atoms. The van der Waals surface area contributed by atoms with Gasteiger partial charge in [-0.05, 0) is 18.6 Å². The summed E-state index contributed by atoms with van der Waals surface area (Å²) in [5.41, 5.74) is 0.152. The van der Waals surface area contributed by atoms with E-state index in [2.05, 4.69) is 0 Å². The van der Waals surface area contributed by atoms with Crippen molar-refractivity contribution in [3.05, 3.63) is 35.5 Å². The molecule has 6 nitrogen and oxygen atoms in total. The maximum Gasteiger partial charge on any atom is 0.310 e. The van der Waals surface area contributed by atoms with Gasteiger partial charge in [-0.15, -0.1) is 0 Å². The Hall–Kier alpha value is -2.15. The minimum Gasteiger partial charge on any atom is -0.423 e. The molecule has 0 amide bonds. The van der Waals surface area contributed by atoms with Crippen molar-refractivity contribution in [2.75, 3.05) is 6.54 Å². The minimum absolute atomic E-state index is 0.0169. The average molecular weight is 337 g/mol. The van der Waals surface area contributed by atoms with Crippen LogP contribution in [0.4, 0.5) is 0 Å². The fourth-order valence-electron chi connectivity index (χ4n) is 2.42. The Bertz CT molecular complexity index is 779. The van der Waals surface area contributed by atoms with Crippen molar-refractivity contribution in [3.8, 4) is 0 Å². The molecule has 0 aromatic heterocycles. The monoisotopic (exact) mass is 337 g/mol. The Morgan fingerprint density at radius 2 is 1.83 bits per heavy atom. The van der Waals surface area contributed by atoms with Crippen LogP contribution in [-0.2, 0) is 24.3 Å². The van der Waals surface area contributed by atoms with Gasteiger partial charge >= 0.3 is 5.97 Å². The van der Waals surface area contributed by atoms with Crippen LogP contribution in [0.25, 0.3) is 5.76 Å². The highest BCUT2D eigenvalue weighted by Gasteiger charge is 2.39. The number of carbonyl (C=O) groups excluding carboxylic acids is 2. The highest BCUT2D eigenvalue weighted by atomic mass is 32.2. The van der Waals surface area contributed by atoms with Crippen LogP contribution >= 0.6 is 0 Å². The van der Waals surface area contributed by atoms with E-state index in [0.717, 1.165) is 4.31 Å². The summed E-state index contributed by atoms with van der Waals surface area (Å²) in [6.45, 7) is 4.84. The molecule has 0 bridgehead atoms. The van der Waals surface area contributed by atoms with E-state index >= 15 is 0 Å². The first-order valence-corrected chi connectivity index (χ1v) is 8.86. The molecule has 1 heterocycles. The highest BCUT2D eigenvalue weighted by Crippen LogP contribution is 2.37. The fourth-order valence-corrected chi connectivity index (χ4v) is 4.22. The van der Waals surface area contributed by atoms with Gasteiger partial charge in [0.2, 0.25) is 0 Å². The summed E-state index contributed by atoms with van der Waals surface area (Å²) in [5.74, 6) is -0.969. The predicted octanol–water partition coefficient (Wildman–Crippen LogP) is 2.31. The first-order chi connectivity index (χ1) is 10.8. The molecule has 0 atom stereocenters. The van der Waals surface area contributed by atoms with E-state index in [1.165, 1.54) is 19.1 Å². The van der Waals surface area contributed by atoms with E-state index in [1.807, 2.05) is 6.92 Å². The van der Waals surface area contributed by atoms with Crippen LogP contribution in [0.5, 0.6) is 0 Å². The molecule has 124 valence electrons. The maximum atomic E-state index is 12.8. The van der Waals surface area contributed by atoms with E-state index in [0.29, 0.717) is 6.42 Å². The number of hydrogen-bond acceptors (Lipinski definition) is 5. The van der Waals surface area contributed by atoms with Crippen molar-refractivity contribution in [1.82, 2.24) is 4.31 Å². The van der Waals surface area contributed by atoms with Crippen LogP contribution in [0.15, 0.2) is 34.9 Å². The van der Waals surface area contributed by atoms with Gasteiger partial charge in [-0.1, -0.05) is 26.0 Å². The Morgan fingerprint density at radius 1 is 1.17 bits per heavy atom. The van der Waals surface area contributed by atoms with Crippen molar-refractivity contribution in [2.45, 2.75) is 38.5 Å². The molecule has 0 radical (unpaired) electrons. The van der Waals surface area contributed by atoms with Gasteiger partial charge < -0.3 is 4.74 Å². The van der Waals surface area contributed by atoms with E-state index < -0.39 is 21.8 Å². The first kappa shape index (κ1) is 17.2. The van der Waals surface area contributed by atoms with Crippen molar-refractivity contribution in [3.63, 3.8) is 0 Å². The van der Waals surface area contributed by atoms with Crippen LogP contribution < -0.4 is 0 Å². The Morgan fingerprint density at radius 3 is 2.39 bits per heavy atom. The topological polar surface area (TPSA) is 80.8 Å². The first-order valence-electron chi connectivity index (χ1n) is 7.42. The van der Waals surface area contributed by atoms with Gasteiger partial charge in [0.25, 0.3) is 10.0 Å². The molecule has 0 saturated carbocycles. The number of ketones is 1. The quantitative estimate of drug-likeness (QED) is 0.770. The summed E-state index contributed by atoms with van der Waals surface area (Å²) in [7, 11) is -3.85. The summed E-state index contributed by atoms with van der Waals surface area (Å²) in [4.78, 5) is 23.9. The molecule has 0 saturated heterocycles. The van der Waals surface area contributed by atoms with Crippen LogP contribution in [-0.4, -0.2) is 31.0 Å². The maximum absolute atomic E-state index is 12.8. The van der Waals surface area contributed by atoms with Crippen LogP contribution in [0, 0.1) is 0 Å². The van der Waals surface area contributed by atoms with Crippen LogP contribution in [0.1, 0.15) is 39.2 Å². The number of nitrogens with zero attached hydrogens (tertiary/aromatic N) is 1. The van der Waals surface area contributed by atoms with Gasteiger partial charge in [0.05, 0.1) is 4.90 Å². The SMILES string of the molecule is CCCN1C(C(C)=O)=C(OC(=O)CC)c2ccccc2S1(=O)=O. The number of fused-ring (bicyclic) bond motifs is 1. The van der Waals surface area contributed by atoms with E-state index in [9.17, 15) is 18.0 Å². The number of allylic oxidation sites excluding steroid dienone is 1. The molecular weight excluding hydrogens is 318 g/mol. The lowest BCUT2D eigenvalue weighted by molar-refractivity contribution is -0.136. The van der Waals surface area contributed by atoms with E-state index in [-0.39, 0.29) is 34.9 Å². The zero-order valence-electron chi connectivity index (χ0n) is 13.3. The predicted molar refractivity (Wildman–Crippen MR) is 84.6 cm³/mol. The number of esters is 1. The number of Topliss-reactive ketones (excluding diaryl/α,β-unsaturated/α-hetero) is 1. The van der Waals surface area contributed by atoms with Gasteiger partial charge in [-0.25, -0.2) is 8.42 Å². The van der Waals surface area contributed by atoms with Crippen molar-refractivity contribution >= 4 is 27.5 Å². The normalized spacial score (nSPS) is 16.0. The largest absolute Gasteiger partial charge is 0.423 e. The van der Waals surface area contributed by atoms with Crippen LogP contribution in [0.3, 0.4) is 0 Å². The second-order valence-electron chi connectivity index (χ2n) is 5.13. The summed E-state index contributed by atoms with van der Waals surface area (Å²) >= 11 is 0. The molecule has 0 aliphatic carbocycles. The lowest BCUT2D eigenvalue weighted by atomic mass is 10.1. The summed E-state index contributed by atoms with van der Waals surface area (Å²) < 4.78 is 32.0. The Balaban J connectivity index is 2.79. The third kappa shape index (κ3) is 3.01.